The quantitative estimate of drug-likeness (QED) is 0.522. The summed E-state index contributed by atoms with van der Waals surface area (Å²) in [4.78, 5) is 4.08. The largest absolute Gasteiger partial charge is 0.383 e. The molecule has 0 radical (unpaired) electrons. The van der Waals surface area contributed by atoms with Crippen LogP contribution in [0.15, 0.2) is 12.3 Å². The number of hydrogen-bond donors (Lipinski definition) is 3. The molecule has 0 amide bonds. The fourth-order valence-corrected chi connectivity index (χ4v) is 1.72. The third-order valence-corrected chi connectivity index (χ3v) is 2.92. The Kier molecular flexibility index (Phi) is 3.85. The van der Waals surface area contributed by atoms with Gasteiger partial charge in [0.1, 0.15) is 5.82 Å². The Morgan fingerprint density at radius 1 is 1.50 bits per heavy atom. The zero-order valence-corrected chi connectivity index (χ0v) is 10.2. The molecule has 1 atom stereocenters. The molecular formula is C11H20N4O. The van der Waals surface area contributed by atoms with Crippen LogP contribution in [0.4, 0.5) is 5.82 Å². The minimum Gasteiger partial charge on any atom is -0.383 e. The molecule has 16 heavy (non-hydrogen) atoms. The topological polar surface area (TPSA) is 86.2 Å². The second-order valence-corrected chi connectivity index (χ2v) is 4.33. The lowest BCUT2D eigenvalue weighted by Gasteiger charge is -2.34. The van der Waals surface area contributed by atoms with Gasteiger partial charge in [-0.3, -0.25) is 5.84 Å². The van der Waals surface area contributed by atoms with Crippen LogP contribution in [0.1, 0.15) is 31.0 Å². The highest BCUT2D eigenvalue weighted by atomic mass is 16.5. The monoisotopic (exact) mass is 224 g/mol. The summed E-state index contributed by atoms with van der Waals surface area (Å²) in [6, 6.07) is 1.70. The molecule has 1 aromatic rings. The number of nitrogens with two attached hydrogens (primary N) is 2. The van der Waals surface area contributed by atoms with Crippen LogP contribution in [-0.2, 0) is 4.74 Å². The van der Waals surface area contributed by atoms with Gasteiger partial charge in [-0.15, -0.1) is 0 Å². The van der Waals surface area contributed by atoms with Crippen molar-refractivity contribution in [2.24, 2.45) is 5.84 Å². The highest BCUT2D eigenvalue weighted by Gasteiger charge is 2.32. The molecule has 0 aliphatic rings. The highest BCUT2D eigenvalue weighted by molar-refractivity contribution is 5.47. The number of methoxy groups -OCH3 is 1. The van der Waals surface area contributed by atoms with Crippen LogP contribution in [0.5, 0.6) is 0 Å². The summed E-state index contributed by atoms with van der Waals surface area (Å²) in [7, 11) is 1.65. The summed E-state index contributed by atoms with van der Waals surface area (Å²) in [6.45, 7) is 5.87. The van der Waals surface area contributed by atoms with Gasteiger partial charge in [0, 0.05) is 18.9 Å². The van der Waals surface area contributed by atoms with E-state index in [-0.39, 0.29) is 6.04 Å². The van der Waals surface area contributed by atoms with Crippen molar-refractivity contribution in [3.05, 3.63) is 23.4 Å². The summed E-state index contributed by atoms with van der Waals surface area (Å²) in [6.07, 6.45) is 1.68. The maximum absolute atomic E-state index is 5.89. The van der Waals surface area contributed by atoms with Gasteiger partial charge in [-0.25, -0.2) is 10.4 Å². The number of rotatable bonds is 4. The van der Waals surface area contributed by atoms with E-state index in [1.54, 1.807) is 13.3 Å². The van der Waals surface area contributed by atoms with Crippen molar-refractivity contribution in [2.75, 3.05) is 12.8 Å². The molecule has 0 fully saturated rings. The van der Waals surface area contributed by atoms with Crippen molar-refractivity contribution in [3.8, 4) is 0 Å². The molecule has 5 heteroatoms. The van der Waals surface area contributed by atoms with Gasteiger partial charge in [-0.2, -0.15) is 0 Å². The molecule has 0 spiro atoms. The van der Waals surface area contributed by atoms with Crippen molar-refractivity contribution < 1.29 is 4.74 Å². The number of nitrogens with zero attached hydrogens (tertiary/aromatic N) is 1. The third kappa shape index (κ3) is 2.32. The SMILES string of the molecule is COC(C)(C)C(NN)c1c(C)ccnc1N. The predicted molar refractivity (Wildman–Crippen MR) is 64.5 cm³/mol. The molecule has 0 aliphatic carbocycles. The van der Waals surface area contributed by atoms with Crippen molar-refractivity contribution in [1.29, 1.82) is 0 Å². The lowest BCUT2D eigenvalue weighted by molar-refractivity contribution is -0.0112. The lowest BCUT2D eigenvalue weighted by atomic mass is 9.90. The van der Waals surface area contributed by atoms with Gasteiger partial charge in [0.2, 0.25) is 0 Å². The summed E-state index contributed by atoms with van der Waals surface area (Å²) in [5, 5.41) is 0. The fourth-order valence-electron chi connectivity index (χ4n) is 1.72. The van der Waals surface area contributed by atoms with Crippen molar-refractivity contribution in [2.45, 2.75) is 32.4 Å². The van der Waals surface area contributed by atoms with Crippen molar-refractivity contribution >= 4 is 5.82 Å². The van der Waals surface area contributed by atoms with Crippen molar-refractivity contribution in [3.63, 3.8) is 0 Å². The molecule has 1 aromatic heterocycles. The number of aryl methyl sites for hydroxylation is 1. The minimum atomic E-state index is -0.462. The number of ether oxygens (including phenoxy) is 1. The molecular weight excluding hydrogens is 204 g/mol. The zero-order valence-electron chi connectivity index (χ0n) is 10.2. The van der Waals surface area contributed by atoms with Crippen molar-refractivity contribution in [1.82, 2.24) is 10.4 Å². The van der Waals surface area contributed by atoms with E-state index in [0.717, 1.165) is 11.1 Å². The molecule has 0 bridgehead atoms. The Morgan fingerprint density at radius 2 is 2.12 bits per heavy atom. The first-order chi connectivity index (χ1) is 7.44. The zero-order chi connectivity index (χ0) is 12.3. The van der Waals surface area contributed by atoms with Crippen LogP contribution in [0.25, 0.3) is 0 Å². The van der Waals surface area contributed by atoms with Gasteiger partial charge < -0.3 is 10.5 Å². The summed E-state index contributed by atoms with van der Waals surface area (Å²) in [5.74, 6) is 6.07. The second-order valence-electron chi connectivity index (χ2n) is 4.33. The fraction of sp³-hybridized carbons (Fsp3) is 0.545. The van der Waals surface area contributed by atoms with E-state index >= 15 is 0 Å². The van der Waals surface area contributed by atoms with E-state index in [2.05, 4.69) is 10.4 Å². The maximum Gasteiger partial charge on any atom is 0.128 e. The van der Waals surface area contributed by atoms with Gasteiger partial charge in [0.25, 0.3) is 0 Å². The van der Waals surface area contributed by atoms with E-state index < -0.39 is 5.60 Å². The van der Waals surface area contributed by atoms with Crippen LogP contribution in [0, 0.1) is 6.92 Å². The van der Waals surface area contributed by atoms with E-state index in [4.69, 9.17) is 16.3 Å². The van der Waals surface area contributed by atoms with Gasteiger partial charge in [0.05, 0.1) is 11.6 Å². The van der Waals surface area contributed by atoms with Gasteiger partial charge in [-0.1, -0.05) is 0 Å². The Labute approximate surface area is 96.2 Å². The minimum absolute atomic E-state index is 0.203. The molecule has 90 valence electrons. The molecule has 0 aliphatic heterocycles. The van der Waals surface area contributed by atoms with Gasteiger partial charge >= 0.3 is 0 Å². The number of hydrogen-bond acceptors (Lipinski definition) is 5. The Bertz CT molecular complexity index is 345. The molecule has 0 aromatic carbocycles. The first kappa shape index (κ1) is 12.9. The highest BCUT2D eigenvalue weighted by Crippen LogP contribution is 2.32. The molecule has 1 rings (SSSR count). The smallest absolute Gasteiger partial charge is 0.128 e. The summed E-state index contributed by atoms with van der Waals surface area (Å²) >= 11 is 0. The van der Waals surface area contributed by atoms with Gasteiger partial charge in [-0.05, 0) is 32.4 Å². The molecule has 1 unspecified atom stereocenters. The van der Waals surface area contributed by atoms with E-state index in [1.807, 2.05) is 26.8 Å². The number of hydrazine groups is 1. The number of nitrogens with one attached hydrogen (secondary N) is 1. The number of nitrogen functional groups attached to an aromatic ring is 1. The molecule has 5 nitrogen and oxygen atoms in total. The summed E-state index contributed by atoms with van der Waals surface area (Å²) in [5.41, 5.74) is 10.1. The first-order valence-electron chi connectivity index (χ1n) is 5.16. The number of aromatic nitrogens is 1. The Hall–Kier alpha value is -1.17. The van der Waals surface area contributed by atoms with Crippen LogP contribution >= 0.6 is 0 Å². The Morgan fingerprint density at radius 3 is 2.56 bits per heavy atom. The molecule has 5 N–H and O–H groups in total. The number of anilines is 1. The van der Waals surface area contributed by atoms with E-state index in [1.165, 1.54) is 0 Å². The van der Waals surface area contributed by atoms with E-state index in [0.29, 0.717) is 5.82 Å². The normalized spacial score (nSPS) is 13.8. The standard InChI is InChI=1S/C11H20N4O/c1-7-5-6-14-10(12)8(7)9(15-13)11(2,3)16-4/h5-6,9,15H,13H2,1-4H3,(H2,12,14). The summed E-state index contributed by atoms with van der Waals surface area (Å²) < 4.78 is 5.43. The van der Waals surface area contributed by atoms with Crippen LogP contribution in [0.3, 0.4) is 0 Å². The van der Waals surface area contributed by atoms with E-state index in [9.17, 15) is 0 Å². The van der Waals surface area contributed by atoms with Gasteiger partial charge in [0.15, 0.2) is 0 Å². The van der Waals surface area contributed by atoms with Crippen LogP contribution in [-0.4, -0.2) is 17.7 Å². The molecule has 0 saturated heterocycles. The second kappa shape index (κ2) is 4.78. The molecule has 1 heterocycles. The average molecular weight is 224 g/mol. The average Bonchev–Trinajstić information content (AvgIpc) is 2.23. The molecule has 0 saturated carbocycles. The lowest BCUT2D eigenvalue weighted by Crippen LogP contribution is -2.44. The maximum atomic E-state index is 5.89. The Balaban J connectivity index is 3.24. The first-order valence-corrected chi connectivity index (χ1v) is 5.16. The van der Waals surface area contributed by atoms with Crippen LogP contribution < -0.4 is 17.0 Å². The van der Waals surface area contributed by atoms with Crippen LogP contribution in [0.2, 0.25) is 0 Å². The predicted octanol–water partition coefficient (Wildman–Crippen LogP) is 0.902. The third-order valence-electron chi connectivity index (χ3n) is 2.92. The number of pyridine rings is 1.